The average molecular weight is 864 g/mol. The van der Waals surface area contributed by atoms with Gasteiger partial charge in [0.2, 0.25) is 0 Å². The van der Waals surface area contributed by atoms with Gasteiger partial charge in [-0.05, 0) is 61.8 Å². The van der Waals surface area contributed by atoms with Crippen LogP contribution >= 0.6 is 17.0 Å². The molecular formula is C52H49Cl2SiZr-3. The van der Waals surface area contributed by atoms with Crippen molar-refractivity contribution >= 4 is 58.5 Å². The molecular weight excluding hydrogens is 815 g/mol. The second-order valence-corrected chi connectivity index (χ2v) is 19.2. The Morgan fingerprint density at radius 3 is 1.46 bits per heavy atom. The van der Waals surface area contributed by atoms with Crippen molar-refractivity contribution in [2.24, 2.45) is 0 Å². The third kappa shape index (κ3) is 9.33. The minimum Gasteiger partial charge on any atom is -0.184 e. The molecule has 9 rings (SSSR count). The number of fused-ring (bicyclic) bond motifs is 5. The first-order chi connectivity index (χ1) is 27.3. The molecule has 0 aromatic heterocycles. The molecule has 0 aliphatic carbocycles. The average Bonchev–Trinajstić information content (AvgIpc) is 3.97. The van der Waals surface area contributed by atoms with Crippen LogP contribution in [0.1, 0.15) is 61.1 Å². The van der Waals surface area contributed by atoms with Crippen LogP contribution in [-0.2, 0) is 46.5 Å². The van der Waals surface area contributed by atoms with Gasteiger partial charge in [-0.25, -0.2) is 0 Å². The minimum absolute atomic E-state index is 0.795. The van der Waals surface area contributed by atoms with Crippen molar-refractivity contribution in [1.82, 2.24) is 0 Å². The number of hydrogen-bond donors (Lipinski definition) is 0. The molecule has 56 heavy (non-hydrogen) atoms. The first-order valence-corrected chi connectivity index (χ1v) is 27.1. The first-order valence-electron chi connectivity index (χ1n) is 19.7. The molecule has 1 heterocycles. The van der Waals surface area contributed by atoms with Crippen LogP contribution in [0.15, 0.2) is 140 Å². The first kappa shape index (κ1) is 41.8. The molecule has 0 unspecified atom stereocenters. The summed E-state index contributed by atoms with van der Waals surface area (Å²) in [7, 11) is 10.7. The Kier molecular flexibility index (Phi) is 15.0. The van der Waals surface area contributed by atoms with Crippen molar-refractivity contribution in [2.75, 3.05) is 0 Å². The Bertz CT molecular complexity index is 2360. The van der Waals surface area contributed by atoms with Gasteiger partial charge in [0.25, 0.3) is 0 Å². The summed E-state index contributed by atoms with van der Waals surface area (Å²) in [5.41, 5.74) is 16.9. The molecule has 8 aromatic carbocycles. The summed E-state index contributed by atoms with van der Waals surface area (Å²) in [5, 5.41) is 8.37. The van der Waals surface area contributed by atoms with E-state index in [1.807, 2.05) is 6.07 Å². The quantitative estimate of drug-likeness (QED) is 0.115. The molecule has 1 aliphatic heterocycles. The van der Waals surface area contributed by atoms with E-state index in [-0.39, 0.29) is 0 Å². The minimum atomic E-state index is -0.826. The molecule has 4 heteroatoms. The molecule has 1 aliphatic rings. The Hall–Kier alpha value is -3.78. The van der Waals surface area contributed by atoms with Crippen molar-refractivity contribution in [2.45, 2.75) is 67.2 Å². The topological polar surface area (TPSA) is 0 Å². The largest absolute Gasteiger partial charge is 0.184 e. The van der Waals surface area contributed by atoms with Gasteiger partial charge in [0, 0.05) is 0 Å². The zero-order valence-corrected chi connectivity index (χ0v) is 38.3. The maximum Gasteiger partial charge on any atom is 0.0920 e. The predicted octanol–water partition coefficient (Wildman–Crippen LogP) is 13.8. The number of hydrogen-bond acceptors (Lipinski definition) is 0. The van der Waals surface area contributed by atoms with Crippen molar-refractivity contribution < 1.29 is 20.8 Å². The van der Waals surface area contributed by atoms with Crippen LogP contribution in [0.4, 0.5) is 0 Å². The maximum atomic E-state index is 4.93. The normalized spacial score (nSPS) is 11.1. The van der Waals surface area contributed by atoms with Gasteiger partial charge in [-0.2, -0.15) is 41.6 Å². The molecule has 0 nitrogen and oxygen atoms in total. The van der Waals surface area contributed by atoms with Crippen LogP contribution < -0.4 is 10.4 Å². The molecule has 0 atom stereocenters. The van der Waals surface area contributed by atoms with Gasteiger partial charge in [-0.15, -0.1) is 74.6 Å². The summed E-state index contributed by atoms with van der Waals surface area (Å²) in [4.78, 5) is 0. The summed E-state index contributed by atoms with van der Waals surface area (Å²) in [5.74, 6) is 0. The van der Waals surface area contributed by atoms with Crippen molar-refractivity contribution in [3.05, 3.63) is 179 Å². The number of benzene rings is 6. The number of halogens is 2. The Morgan fingerprint density at radius 2 is 0.982 bits per heavy atom. The summed E-state index contributed by atoms with van der Waals surface area (Å²) < 4.78 is 0. The van der Waals surface area contributed by atoms with Crippen LogP contribution in [0.25, 0.3) is 54.9 Å². The smallest absolute Gasteiger partial charge is 0.0920 e. The van der Waals surface area contributed by atoms with E-state index in [4.69, 9.17) is 17.0 Å². The zero-order chi connectivity index (χ0) is 39.6. The van der Waals surface area contributed by atoms with E-state index >= 15 is 0 Å². The van der Waals surface area contributed by atoms with E-state index < -0.39 is 20.8 Å². The van der Waals surface area contributed by atoms with E-state index in [0.29, 0.717) is 0 Å². The molecule has 0 saturated carbocycles. The molecule has 282 valence electrons. The molecule has 0 amide bonds. The van der Waals surface area contributed by atoms with E-state index in [1.165, 1.54) is 98.7 Å². The molecule has 8 aromatic rings. The molecule has 2 radical (unpaired) electrons. The van der Waals surface area contributed by atoms with Gasteiger partial charge in [-0.1, -0.05) is 133 Å². The summed E-state index contributed by atoms with van der Waals surface area (Å²) in [6, 6.07) is 54.2. The second kappa shape index (κ2) is 20.1. The van der Waals surface area contributed by atoms with E-state index in [1.54, 1.807) is 0 Å². The van der Waals surface area contributed by atoms with Crippen LogP contribution in [0.2, 0.25) is 0 Å². The molecule has 0 bridgehead atoms. The van der Waals surface area contributed by atoms with Crippen LogP contribution in [0.3, 0.4) is 0 Å². The van der Waals surface area contributed by atoms with Gasteiger partial charge in [0.1, 0.15) is 0 Å². The fraction of sp³-hybridized carbons (Fsp3) is 0.192. The summed E-state index contributed by atoms with van der Waals surface area (Å²) in [6.45, 7) is 13.4. The summed E-state index contributed by atoms with van der Waals surface area (Å²) >= 11 is -0.826. The van der Waals surface area contributed by atoms with Crippen LogP contribution in [0, 0.1) is 19.9 Å². The number of aryl methyl sites for hydroxylation is 6. The Labute approximate surface area is 356 Å². The molecule has 0 N–H and O–H groups in total. The van der Waals surface area contributed by atoms with Gasteiger partial charge < -0.3 is 0 Å². The second-order valence-electron chi connectivity index (χ2n) is 14.2. The molecule has 0 spiro atoms. The molecule has 0 fully saturated rings. The third-order valence-electron chi connectivity index (χ3n) is 10.8. The standard InChI is InChI=1S/2C20H21.C12H7Si.2ClH.Zr/c2*1-4-15-12-17-11-10-14(3)20(19(17)13-15)18-9-7-6-8-16(18)5-2;1-3-7-11-9(5-1)10-6-2-4-8-12(10)13-11;;;/h2*6-13H,4-5H2,1-3H3;1-7H;2*1H;/q3*-1;;;+2/p-2. The third-order valence-corrected chi connectivity index (χ3v) is 12.2. The van der Waals surface area contributed by atoms with E-state index in [2.05, 4.69) is 181 Å². The van der Waals surface area contributed by atoms with Crippen molar-refractivity contribution in [3.63, 3.8) is 0 Å². The van der Waals surface area contributed by atoms with E-state index in [9.17, 15) is 0 Å². The fourth-order valence-electron chi connectivity index (χ4n) is 7.90. The SMILES string of the molecule is CCc1cc2c(-c3ccccc3CC)c(C)ccc2[cH-]1.CCc1cc2c(-c3ccccc3CC)c(C)ccc2[cH-]1.[Cl][Zr][Cl].[c-]1cccc2c1[Si]c1ccccc1-2. The molecule has 0 saturated heterocycles. The predicted molar refractivity (Wildman–Crippen MR) is 244 cm³/mol. The Balaban J connectivity index is 0.000000140. The fourth-order valence-corrected chi connectivity index (χ4v) is 9.21. The van der Waals surface area contributed by atoms with Crippen molar-refractivity contribution in [3.8, 4) is 33.4 Å². The van der Waals surface area contributed by atoms with Crippen LogP contribution in [-0.4, -0.2) is 9.52 Å². The van der Waals surface area contributed by atoms with Gasteiger partial charge in [0.15, 0.2) is 0 Å². The summed E-state index contributed by atoms with van der Waals surface area (Å²) in [6.07, 6.45) is 4.35. The van der Waals surface area contributed by atoms with Crippen LogP contribution in [0.5, 0.6) is 0 Å². The van der Waals surface area contributed by atoms with Gasteiger partial charge >= 0.3 is 37.9 Å². The maximum absolute atomic E-state index is 4.93. The van der Waals surface area contributed by atoms with Gasteiger partial charge in [-0.3, -0.25) is 0 Å². The monoisotopic (exact) mass is 861 g/mol. The Morgan fingerprint density at radius 1 is 0.536 bits per heavy atom. The number of rotatable bonds is 6. The van der Waals surface area contributed by atoms with E-state index in [0.717, 1.165) is 35.2 Å². The van der Waals surface area contributed by atoms with Crippen molar-refractivity contribution in [1.29, 1.82) is 0 Å². The zero-order valence-electron chi connectivity index (χ0n) is 33.4. The van der Waals surface area contributed by atoms with Gasteiger partial charge in [0.05, 0.1) is 9.52 Å².